The van der Waals surface area contributed by atoms with E-state index in [0.29, 0.717) is 17.3 Å². The SMILES string of the molecule is Cc1ccc(-c2n[nH]c3nc(C)cc(=O)n23)cc1. The highest BCUT2D eigenvalue weighted by Crippen LogP contribution is 2.16. The number of aromatic nitrogens is 4. The van der Waals surface area contributed by atoms with Gasteiger partial charge >= 0.3 is 0 Å². The first-order valence-electron chi connectivity index (χ1n) is 5.67. The molecule has 0 aliphatic carbocycles. The van der Waals surface area contributed by atoms with Gasteiger partial charge in [0.2, 0.25) is 5.78 Å². The molecule has 0 spiro atoms. The largest absolute Gasteiger partial charge is 0.269 e. The molecule has 0 bridgehead atoms. The second-order valence-corrected chi connectivity index (χ2v) is 4.31. The van der Waals surface area contributed by atoms with Gasteiger partial charge in [0.05, 0.1) is 0 Å². The predicted molar refractivity (Wildman–Crippen MR) is 68.5 cm³/mol. The Balaban J connectivity index is 2.30. The summed E-state index contributed by atoms with van der Waals surface area (Å²) in [5, 5.41) is 6.96. The molecule has 1 aromatic carbocycles. The molecule has 0 radical (unpaired) electrons. The molecule has 0 saturated heterocycles. The Hall–Kier alpha value is -2.43. The first-order chi connectivity index (χ1) is 8.65. The zero-order valence-corrected chi connectivity index (χ0v) is 10.1. The highest BCUT2D eigenvalue weighted by molar-refractivity contribution is 5.58. The number of aryl methyl sites for hydroxylation is 2. The number of hydrogen-bond acceptors (Lipinski definition) is 3. The molecule has 2 aromatic heterocycles. The van der Waals surface area contributed by atoms with Gasteiger partial charge in [-0.25, -0.2) is 14.5 Å². The summed E-state index contributed by atoms with van der Waals surface area (Å²) in [6, 6.07) is 9.36. The maximum atomic E-state index is 12.0. The molecule has 1 N–H and O–H groups in total. The monoisotopic (exact) mass is 240 g/mol. The zero-order chi connectivity index (χ0) is 12.7. The summed E-state index contributed by atoms with van der Waals surface area (Å²) in [7, 11) is 0. The Morgan fingerprint density at radius 1 is 1.17 bits per heavy atom. The van der Waals surface area contributed by atoms with Gasteiger partial charge in [0.1, 0.15) is 0 Å². The van der Waals surface area contributed by atoms with Gasteiger partial charge in [0.25, 0.3) is 5.56 Å². The third-order valence-electron chi connectivity index (χ3n) is 2.83. The molecule has 5 nitrogen and oxygen atoms in total. The number of H-pyrrole nitrogens is 1. The molecular weight excluding hydrogens is 228 g/mol. The van der Waals surface area contributed by atoms with Crippen molar-refractivity contribution in [1.82, 2.24) is 19.6 Å². The van der Waals surface area contributed by atoms with Crippen molar-refractivity contribution in [2.45, 2.75) is 13.8 Å². The van der Waals surface area contributed by atoms with Gasteiger partial charge in [0, 0.05) is 17.3 Å². The molecule has 3 aromatic rings. The number of nitrogens with zero attached hydrogens (tertiary/aromatic N) is 3. The van der Waals surface area contributed by atoms with E-state index in [9.17, 15) is 4.79 Å². The summed E-state index contributed by atoms with van der Waals surface area (Å²) in [5.74, 6) is 1.05. The van der Waals surface area contributed by atoms with Crippen molar-refractivity contribution < 1.29 is 0 Å². The van der Waals surface area contributed by atoms with E-state index in [2.05, 4.69) is 15.2 Å². The van der Waals surface area contributed by atoms with Crippen molar-refractivity contribution in [2.24, 2.45) is 0 Å². The average Bonchev–Trinajstić information content (AvgIpc) is 2.74. The van der Waals surface area contributed by atoms with Crippen molar-refractivity contribution in [3.8, 4) is 11.4 Å². The van der Waals surface area contributed by atoms with Crippen LogP contribution in [0.15, 0.2) is 35.1 Å². The van der Waals surface area contributed by atoms with Gasteiger partial charge in [-0.3, -0.25) is 4.79 Å². The summed E-state index contributed by atoms with van der Waals surface area (Å²) in [5.41, 5.74) is 2.61. The number of hydrogen-bond donors (Lipinski definition) is 1. The lowest BCUT2D eigenvalue weighted by Crippen LogP contribution is -2.14. The van der Waals surface area contributed by atoms with Gasteiger partial charge in [-0.15, -0.1) is 0 Å². The van der Waals surface area contributed by atoms with Crippen molar-refractivity contribution in [3.05, 3.63) is 51.9 Å². The highest BCUT2D eigenvalue weighted by Gasteiger charge is 2.10. The zero-order valence-electron chi connectivity index (χ0n) is 10.1. The predicted octanol–water partition coefficient (Wildman–Crippen LogP) is 1.70. The van der Waals surface area contributed by atoms with Gasteiger partial charge in [0.15, 0.2) is 5.82 Å². The van der Waals surface area contributed by atoms with Crippen LogP contribution >= 0.6 is 0 Å². The smallest absolute Gasteiger partial charge is 0.261 e. The second-order valence-electron chi connectivity index (χ2n) is 4.31. The van der Waals surface area contributed by atoms with Crippen molar-refractivity contribution in [3.63, 3.8) is 0 Å². The molecular formula is C13H12N4O. The number of fused-ring (bicyclic) bond motifs is 1. The van der Waals surface area contributed by atoms with E-state index in [4.69, 9.17) is 0 Å². The lowest BCUT2D eigenvalue weighted by Gasteiger charge is -2.00. The summed E-state index contributed by atoms with van der Waals surface area (Å²) >= 11 is 0. The summed E-state index contributed by atoms with van der Waals surface area (Å²) < 4.78 is 1.48. The third kappa shape index (κ3) is 1.60. The molecule has 90 valence electrons. The molecule has 0 saturated carbocycles. The molecule has 3 rings (SSSR count). The molecule has 0 fully saturated rings. The van der Waals surface area contributed by atoms with Crippen LogP contribution in [0.4, 0.5) is 0 Å². The summed E-state index contributed by atoms with van der Waals surface area (Å²) in [4.78, 5) is 16.2. The minimum atomic E-state index is -0.123. The first-order valence-corrected chi connectivity index (χ1v) is 5.67. The van der Waals surface area contributed by atoms with Crippen molar-refractivity contribution in [1.29, 1.82) is 0 Å². The van der Waals surface area contributed by atoms with Crippen LogP contribution in [0.5, 0.6) is 0 Å². The van der Waals surface area contributed by atoms with Gasteiger partial charge < -0.3 is 0 Å². The Bertz CT molecular complexity index is 768. The molecule has 18 heavy (non-hydrogen) atoms. The Morgan fingerprint density at radius 3 is 2.61 bits per heavy atom. The number of rotatable bonds is 1. The van der Waals surface area contributed by atoms with Crippen molar-refractivity contribution in [2.75, 3.05) is 0 Å². The van der Waals surface area contributed by atoms with Gasteiger partial charge in [-0.2, -0.15) is 5.10 Å². The molecule has 0 amide bonds. The minimum Gasteiger partial charge on any atom is -0.269 e. The van der Waals surface area contributed by atoms with Gasteiger partial charge in [-0.1, -0.05) is 29.8 Å². The van der Waals surface area contributed by atoms with E-state index in [1.54, 1.807) is 6.92 Å². The molecule has 0 aliphatic rings. The van der Waals surface area contributed by atoms with Crippen LogP contribution in [0, 0.1) is 13.8 Å². The molecule has 2 heterocycles. The lowest BCUT2D eigenvalue weighted by atomic mass is 10.1. The topological polar surface area (TPSA) is 63.0 Å². The lowest BCUT2D eigenvalue weighted by molar-refractivity contribution is 1.03. The third-order valence-corrected chi connectivity index (χ3v) is 2.83. The van der Waals surface area contributed by atoms with E-state index in [0.717, 1.165) is 5.56 Å². The Morgan fingerprint density at radius 2 is 1.89 bits per heavy atom. The fourth-order valence-electron chi connectivity index (χ4n) is 1.93. The normalized spacial score (nSPS) is 11.0. The fourth-order valence-corrected chi connectivity index (χ4v) is 1.93. The fraction of sp³-hybridized carbons (Fsp3) is 0.154. The van der Waals surface area contributed by atoms with Crippen LogP contribution in [0.1, 0.15) is 11.3 Å². The number of nitrogens with one attached hydrogen (secondary N) is 1. The highest BCUT2D eigenvalue weighted by atomic mass is 16.1. The summed E-state index contributed by atoms with van der Waals surface area (Å²) in [6.07, 6.45) is 0. The summed E-state index contributed by atoms with van der Waals surface area (Å²) in [6.45, 7) is 3.80. The van der Waals surface area contributed by atoms with Crippen LogP contribution in [-0.4, -0.2) is 19.6 Å². The maximum Gasteiger partial charge on any atom is 0.261 e. The number of benzene rings is 1. The Labute approximate surface area is 103 Å². The maximum absolute atomic E-state index is 12.0. The molecule has 5 heteroatoms. The minimum absolute atomic E-state index is 0.123. The average molecular weight is 240 g/mol. The van der Waals surface area contributed by atoms with Crippen LogP contribution in [0.3, 0.4) is 0 Å². The van der Waals surface area contributed by atoms with Crippen LogP contribution in [-0.2, 0) is 0 Å². The molecule has 0 atom stereocenters. The standard InChI is InChI=1S/C13H12N4O/c1-8-3-5-10(6-4-8)12-15-16-13-14-9(2)7-11(18)17(12)13/h3-7H,1-2H3,(H,14,16). The van der Waals surface area contributed by atoms with E-state index < -0.39 is 0 Å². The molecule has 0 aliphatic heterocycles. The van der Waals surface area contributed by atoms with Crippen LogP contribution < -0.4 is 5.56 Å². The number of aromatic amines is 1. The molecule has 0 unspecified atom stereocenters. The van der Waals surface area contributed by atoms with Crippen LogP contribution in [0.2, 0.25) is 0 Å². The first kappa shape index (κ1) is 10.7. The van der Waals surface area contributed by atoms with Crippen LogP contribution in [0.25, 0.3) is 17.2 Å². The van der Waals surface area contributed by atoms with E-state index in [1.807, 2.05) is 31.2 Å². The van der Waals surface area contributed by atoms with Gasteiger partial charge in [-0.05, 0) is 13.8 Å². The Kier molecular flexibility index (Phi) is 2.26. The van der Waals surface area contributed by atoms with Crippen molar-refractivity contribution >= 4 is 5.78 Å². The quantitative estimate of drug-likeness (QED) is 0.704. The second kappa shape index (κ2) is 3.80. The van der Waals surface area contributed by atoms with E-state index >= 15 is 0 Å². The van der Waals surface area contributed by atoms with E-state index in [1.165, 1.54) is 16.0 Å². The van der Waals surface area contributed by atoms with E-state index in [-0.39, 0.29) is 5.56 Å².